The van der Waals surface area contributed by atoms with Crippen LogP contribution in [-0.2, 0) is 9.59 Å². The molecule has 0 saturated heterocycles. The van der Waals surface area contributed by atoms with E-state index in [2.05, 4.69) is 10.6 Å². The molecule has 0 aliphatic heterocycles. The number of nitrogens with zero attached hydrogens (tertiary/aromatic N) is 2. The highest BCUT2D eigenvalue weighted by molar-refractivity contribution is 8.00. The van der Waals surface area contributed by atoms with Crippen molar-refractivity contribution in [1.82, 2.24) is 0 Å². The van der Waals surface area contributed by atoms with E-state index in [0.29, 0.717) is 11.4 Å². The van der Waals surface area contributed by atoms with Crippen LogP contribution in [0.15, 0.2) is 107 Å². The molecule has 0 aliphatic carbocycles. The fourth-order valence-electron chi connectivity index (χ4n) is 3.93. The molecular weight excluding hydrogens is 620 g/mol. The SMILES string of the molecule is O=C(COc1ccccc1[N+](=O)[O-])Nc1ccccc1SCCCSc1ccccc1NC(=O)COc1ccccc1[N+](=O)[O-]. The zero-order valence-electron chi connectivity index (χ0n) is 23.8. The number of anilines is 2. The summed E-state index contributed by atoms with van der Waals surface area (Å²) in [4.78, 5) is 48.0. The number of carbonyl (C=O) groups is 2. The van der Waals surface area contributed by atoms with E-state index in [1.807, 2.05) is 24.3 Å². The van der Waals surface area contributed by atoms with Gasteiger partial charge in [-0.15, -0.1) is 23.5 Å². The van der Waals surface area contributed by atoms with Crippen LogP contribution in [0.2, 0.25) is 0 Å². The van der Waals surface area contributed by atoms with E-state index in [9.17, 15) is 29.8 Å². The van der Waals surface area contributed by atoms with Gasteiger partial charge in [-0.1, -0.05) is 48.5 Å². The van der Waals surface area contributed by atoms with Gasteiger partial charge in [0.05, 0.1) is 21.2 Å². The maximum absolute atomic E-state index is 12.5. The highest BCUT2D eigenvalue weighted by Gasteiger charge is 2.17. The first-order valence-electron chi connectivity index (χ1n) is 13.6. The van der Waals surface area contributed by atoms with E-state index in [1.54, 1.807) is 59.9 Å². The van der Waals surface area contributed by atoms with Crippen LogP contribution in [-0.4, -0.2) is 46.4 Å². The van der Waals surface area contributed by atoms with Crippen molar-refractivity contribution < 1.29 is 28.9 Å². The lowest BCUT2D eigenvalue weighted by molar-refractivity contribution is -0.386. The van der Waals surface area contributed by atoms with Crippen LogP contribution >= 0.6 is 23.5 Å². The standard InChI is InChI=1S/C31H28N4O8S2/c36-30(20-42-26-14-5-3-12-24(26)34(38)39)32-22-10-1-7-16-28(22)44-18-9-19-45-29-17-8-2-11-23(29)33-31(37)21-43-27-15-6-4-13-25(27)35(40)41/h1-8,10-17H,9,18-21H2,(H,32,36)(H,33,37). The van der Waals surface area contributed by atoms with Crippen molar-refractivity contribution in [3.63, 3.8) is 0 Å². The van der Waals surface area contributed by atoms with E-state index in [1.165, 1.54) is 36.4 Å². The summed E-state index contributed by atoms with van der Waals surface area (Å²) in [5.41, 5.74) is 0.800. The van der Waals surface area contributed by atoms with Gasteiger partial charge >= 0.3 is 11.4 Å². The van der Waals surface area contributed by atoms with E-state index < -0.39 is 21.7 Å². The highest BCUT2D eigenvalue weighted by atomic mass is 32.2. The topological polar surface area (TPSA) is 163 Å². The Hall–Kier alpha value is -5.08. The minimum atomic E-state index is -0.564. The number of ether oxygens (including phenoxy) is 2. The van der Waals surface area contributed by atoms with Gasteiger partial charge in [-0.3, -0.25) is 29.8 Å². The highest BCUT2D eigenvalue weighted by Crippen LogP contribution is 2.31. The third kappa shape index (κ3) is 9.98. The molecule has 0 heterocycles. The lowest BCUT2D eigenvalue weighted by Crippen LogP contribution is -2.20. The number of nitrogens with one attached hydrogen (secondary N) is 2. The Morgan fingerprint density at radius 1 is 0.600 bits per heavy atom. The van der Waals surface area contributed by atoms with Crippen LogP contribution in [0, 0.1) is 20.2 Å². The van der Waals surface area contributed by atoms with Gasteiger partial charge in [0.25, 0.3) is 11.8 Å². The van der Waals surface area contributed by atoms with Gasteiger partial charge in [0, 0.05) is 21.9 Å². The largest absolute Gasteiger partial charge is 0.477 e. The van der Waals surface area contributed by atoms with Crippen molar-refractivity contribution in [3.05, 3.63) is 117 Å². The molecule has 4 rings (SSSR count). The quantitative estimate of drug-likeness (QED) is 0.0571. The van der Waals surface area contributed by atoms with Gasteiger partial charge in [0.1, 0.15) is 0 Å². The Labute approximate surface area is 266 Å². The molecule has 0 bridgehead atoms. The summed E-state index contributed by atoms with van der Waals surface area (Å²) in [7, 11) is 0. The van der Waals surface area contributed by atoms with Crippen molar-refractivity contribution in [3.8, 4) is 11.5 Å². The van der Waals surface area contributed by atoms with Gasteiger partial charge < -0.3 is 20.1 Å². The summed E-state index contributed by atoms with van der Waals surface area (Å²) in [6, 6.07) is 26.4. The Morgan fingerprint density at radius 3 is 1.40 bits per heavy atom. The second-order valence-electron chi connectivity index (χ2n) is 9.17. The van der Waals surface area contributed by atoms with Crippen molar-refractivity contribution in [2.24, 2.45) is 0 Å². The van der Waals surface area contributed by atoms with Gasteiger partial charge in [-0.2, -0.15) is 0 Å². The Bertz CT molecular complexity index is 1550. The van der Waals surface area contributed by atoms with E-state index in [-0.39, 0.29) is 36.1 Å². The molecule has 232 valence electrons. The number of hydrogen-bond acceptors (Lipinski definition) is 10. The molecule has 14 heteroatoms. The molecule has 45 heavy (non-hydrogen) atoms. The molecule has 0 aliphatic rings. The predicted molar refractivity (Wildman–Crippen MR) is 173 cm³/mol. The van der Waals surface area contributed by atoms with Crippen molar-refractivity contribution in [2.45, 2.75) is 16.2 Å². The van der Waals surface area contributed by atoms with Crippen molar-refractivity contribution >= 4 is 58.1 Å². The summed E-state index contributed by atoms with van der Waals surface area (Å²) in [5.74, 6) is 0.664. The third-order valence-electron chi connectivity index (χ3n) is 5.97. The number of nitro benzene ring substituents is 2. The van der Waals surface area contributed by atoms with Crippen LogP contribution in [0.4, 0.5) is 22.7 Å². The number of amides is 2. The number of nitro groups is 2. The minimum Gasteiger partial charge on any atom is -0.477 e. The molecule has 0 atom stereocenters. The summed E-state index contributed by atoms with van der Waals surface area (Å²) < 4.78 is 10.8. The summed E-state index contributed by atoms with van der Waals surface area (Å²) in [6.07, 6.45) is 0.821. The monoisotopic (exact) mass is 648 g/mol. The first-order chi connectivity index (χ1) is 21.8. The second-order valence-corrected chi connectivity index (χ2v) is 11.4. The minimum absolute atomic E-state index is 0.0192. The molecule has 0 aromatic heterocycles. The van der Waals surface area contributed by atoms with Crippen LogP contribution in [0.1, 0.15) is 6.42 Å². The fourth-order valence-corrected chi connectivity index (χ4v) is 6.03. The van der Waals surface area contributed by atoms with Crippen molar-refractivity contribution in [1.29, 1.82) is 0 Å². The first kappa shape index (κ1) is 32.8. The van der Waals surface area contributed by atoms with Crippen LogP contribution in [0.25, 0.3) is 0 Å². The lowest BCUT2D eigenvalue weighted by Gasteiger charge is -2.12. The average Bonchev–Trinajstić information content (AvgIpc) is 3.04. The number of hydrogen-bond donors (Lipinski definition) is 2. The molecule has 12 nitrogen and oxygen atoms in total. The lowest BCUT2D eigenvalue weighted by atomic mass is 10.3. The number of para-hydroxylation sites is 6. The van der Waals surface area contributed by atoms with E-state index in [0.717, 1.165) is 27.7 Å². The number of carbonyl (C=O) groups excluding carboxylic acids is 2. The number of rotatable bonds is 16. The molecule has 0 spiro atoms. The molecule has 2 N–H and O–H groups in total. The molecule has 0 unspecified atom stereocenters. The van der Waals surface area contributed by atoms with E-state index in [4.69, 9.17) is 9.47 Å². The smallest absolute Gasteiger partial charge is 0.310 e. The molecule has 4 aromatic carbocycles. The third-order valence-corrected chi connectivity index (χ3v) is 8.29. The van der Waals surface area contributed by atoms with E-state index >= 15 is 0 Å². The zero-order chi connectivity index (χ0) is 32.0. The Kier molecular flexibility index (Phi) is 12.2. The zero-order valence-corrected chi connectivity index (χ0v) is 25.4. The van der Waals surface area contributed by atoms with Crippen LogP contribution < -0.4 is 20.1 Å². The predicted octanol–water partition coefficient (Wildman–Crippen LogP) is 6.81. The summed E-state index contributed by atoms with van der Waals surface area (Å²) >= 11 is 3.15. The van der Waals surface area contributed by atoms with Crippen LogP contribution in [0.5, 0.6) is 11.5 Å². The first-order valence-corrected chi connectivity index (χ1v) is 15.5. The summed E-state index contributed by atoms with van der Waals surface area (Å²) in [6.45, 7) is -0.760. The molecule has 0 radical (unpaired) electrons. The average molecular weight is 649 g/mol. The normalized spacial score (nSPS) is 10.5. The Balaban J connectivity index is 1.23. The molecule has 0 saturated carbocycles. The van der Waals surface area contributed by atoms with Crippen molar-refractivity contribution in [2.75, 3.05) is 35.4 Å². The van der Waals surface area contributed by atoms with Gasteiger partial charge in [0.2, 0.25) is 0 Å². The summed E-state index contributed by atoms with van der Waals surface area (Å²) in [5, 5.41) is 27.9. The maximum atomic E-state index is 12.5. The molecule has 2 amide bonds. The van der Waals surface area contributed by atoms with Gasteiger partial charge in [-0.25, -0.2) is 0 Å². The molecular formula is C31H28N4O8S2. The number of benzene rings is 4. The molecule has 4 aromatic rings. The fraction of sp³-hybridized carbons (Fsp3) is 0.161. The Morgan fingerprint density at radius 2 is 0.978 bits per heavy atom. The second kappa shape index (κ2) is 16.7. The van der Waals surface area contributed by atoms with Crippen LogP contribution in [0.3, 0.4) is 0 Å². The maximum Gasteiger partial charge on any atom is 0.310 e. The van der Waals surface area contributed by atoms with Gasteiger partial charge in [-0.05, 0) is 54.3 Å². The molecule has 0 fully saturated rings. The van der Waals surface area contributed by atoms with Gasteiger partial charge in [0.15, 0.2) is 24.7 Å². The number of thioether (sulfide) groups is 2.